The first-order chi connectivity index (χ1) is 14.3. The third-order valence-electron chi connectivity index (χ3n) is 3.88. The summed E-state index contributed by atoms with van der Waals surface area (Å²) in [6, 6.07) is 10.8. The van der Waals surface area contributed by atoms with Crippen LogP contribution in [0.25, 0.3) is 12.2 Å². The number of carbonyl (C=O) groups is 3. The van der Waals surface area contributed by atoms with Crippen molar-refractivity contribution in [2.75, 3.05) is 6.61 Å². The van der Waals surface area contributed by atoms with Crippen molar-refractivity contribution in [3.63, 3.8) is 0 Å². The van der Waals surface area contributed by atoms with Gasteiger partial charge in [-0.2, -0.15) is 0 Å². The van der Waals surface area contributed by atoms with Crippen molar-refractivity contribution in [2.45, 2.75) is 20.0 Å². The molecule has 2 aromatic carbocycles. The van der Waals surface area contributed by atoms with Gasteiger partial charge in [-0.1, -0.05) is 12.1 Å². The van der Waals surface area contributed by atoms with Crippen molar-refractivity contribution in [2.24, 2.45) is 5.73 Å². The fraction of sp³-hybridized carbons (Fsp3) is 0.174. The molecule has 7 heteroatoms. The highest BCUT2D eigenvalue weighted by Crippen LogP contribution is 2.29. The number of halogens is 1. The van der Waals surface area contributed by atoms with Gasteiger partial charge in [-0.3, -0.25) is 9.59 Å². The van der Waals surface area contributed by atoms with Crippen LogP contribution in [-0.2, 0) is 23.9 Å². The zero-order chi connectivity index (χ0) is 22.1. The molecule has 2 N–H and O–H groups in total. The summed E-state index contributed by atoms with van der Waals surface area (Å²) >= 11 is 0. The number of esters is 2. The number of primary amides is 1. The molecule has 0 aromatic heterocycles. The minimum atomic E-state index is -0.894. The molecule has 0 bridgehead atoms. The number of carbonyl (C=O) groups excluding carboxylic acids is 3. The van der Waals surface area contributed by atoms with Crippen molar-refractivity contribution in [3.05, 3.63) is 82.7 Å². The summed E-state index contributed by atoms with van der Waals surface area (Å²) in [6.45, 7) is 3.19. The molecule has 1 amide bonds. The lowest BCUT2D eigenvalue weighted by Gasteiger charge is -2.19. The number of ether oxygens (including phenoxy) is 2. The summed E-state index contributed by atoms with van der Waals surface area (Å²) in [7, 11) is 0. The Morgan fingerprint density at radius 3 is 2.27 bits per heavy atom. The Labute approximate surface area is 173 Å². The molecule has 0 spiro atoms. The van der Waals surface area contributed by atoms with E-state index in [9.17, 15) is 18.8 Å². The molecule has 0 aliphatic carbocycles. The third-order valence-corrected chi connectivity index (χ3v) is 3.88. The van der Waals surface area contributed by atoms with Crippen molar-refractivity contribution >= 4 is 30.0 Å². The molecule has 156 valence electrons. The topological polar surface area (TPSA) is 95.7 Å². The van der Waals surface area contributed by atoms with Crippen molar-refractivity contribution in [1.29, 1.82) is 0 Å². The van der Waals surface area contributed by atoms with E-state index in [0.29, 0.717) is 22.3 Å². The van der Waals surface area contributed by atoms with E-state index >= 15 is 0 Å². The van der Waals surface area contributed by atoms with Crippen LogP contribution in [0.5, 0.6) is 0 Å². The van der Waals surface area contributed by atoms with Crippen molar-refractivity contribution in [1.82, 2.24) is 0 Å². The summed E-state index contributed by atoms with van der Waals surface area (Å²) in [5.41, 5.74) is 7.28. The average molecular weight is 411 g/mol. The van der Waals surface area contributed by atoms with E-state index in [-0.39, 0.29) is 6.61 Å². The average Bonchev–Trinajstić information content (AvgIpc) is 2.69. The summed E-state index contributed by atoms with van der Waals surface area (Å²) in [4.78, 5) is 34.5. The highest BCUT2D eigenvalue weighted by atomic mass is 19.1. The third kappa shape index (κ3) is 7.01. The fourth-order valence-corrected chi connectivity index (χ4v) is 2.74. The number of amides is 1. The maximum Gasteiger partial charge on any atom is 0.330 e. The van der Waals surface area contributed by atoms with Crippen LogP contribution in [0.4, 0.5) is 4.39 Å². The molecule has 2 aromatic rings. The molecular formula is C23H22FNO5. The van der Waals surface area contributed by atoms with Crippen LogP contribution < -0.4 is 5.73 Å². The second-order valence-corrected chi connectivity index (χ2v) is 6.30. The minimum absolute atomic E-state index is 0.240. The zero-order valence-corrected chi connectivity index (χ0v) is 16.6. The number of benzene rings is 2. The van der Waals surface area contributed by atoms with Gasteiger partial charge in [0.05, 0.1) is 6.61 Å². The van der Waals surface area contributed by atoms with Gasteiger partial charge in [-0.15, -0.1) is 0 Å². The van der Waals surface area contributed by atoms with Gasteiger partial charge in [-0.05, 0) is 71.7 Å². The first-order valence-corrected chi connectivity index (χ1v) is 9.18. The Bertz CT molecular complexity index is 997. The van der Waals surface area contributed by atoms with Crippen LogP contribution in [0.15, 0.2) is 54.6 Å². The second kappa shape index (κ2) is 10.7. The molecule has 1 unspecified atom stereocenters. The lowest BCUT2D eigenvalue weighted by Crippen LogP contribution is -2.11. The fourth-order valence-electron chi connectivity index (χ4n) is 2.74. The molecule has 30 heavy (non-hydrogen) atoms. The van der Waals surface area contributed by atoms with Gasteiger partial charge in [0.2, 0.25) is 5.91 Å². The second-order valence-electron chi connectivity index (χ2n) is 6.30. The van der Waals surface area contributed by atoms with E-state index < -0.39 is 29.8 Å². The lowest BCUT2D eigenvalue weighted by atomic mass is 9.96. The Kier molecular flexibility index (Phi) is 8.05. The molecule has 6 nitrogen and oxygen atoms in total. The van der Waals surface area contributed by atoms with E-state index in [1.165, 1.54) is 49.4 Å². The quantitative estimate of drug-likeness (QED) is 0.529. The van der Waals surface area contributed by atoms with Crippen LogP contribution in [-0.4, -0.2) is 24.5 Å². The van der Waals surface area contributed by atoms with Gasteiger partial charge >= 0.3 is 11.9 Å². The highest BCUT2D eigenvalue weighted by Gasteiger charge is 2.19. The Morgan fingerprint density at radius 1 is 1.03 bits per heavy atom. The Balaban J connectivity index is 2.56. The predicted octanol–water partition coefficient (Wildman–Crippen LogP) is 3.55. The number of hydrogen-bond acceptors (Lipinski definition) is 5. The monoisotopic (exact) mass is 411 g/mol. The molecule has 0 saturated heterocycles. The summed E-state index contributed by atoms with van der Waals surface area (Å²) in [5.74, 6) is -2.17. The largest absolute Gasteiger partial charge is 0.463 e. The predicted molar refractivity (Wildman–Crippen MR) is 110 cm³/mol. The van der Waals surface area contributed by atoms with Gasteiger partial charge < -0.3 is 15.2 Å². The van der Waals surface area contributed by atoms with Crippen LogP contribution in [0.2, 0.25) is 0 Å². The molecule has 0 fully saturated rings. The highest BCUT2D eigenvalue weighted by molar-refractivity contribution is 5.90. The minimum Gasteiger partial charge on any atom is -0.463 e. The first kappa shape index (κ1) is 22.5. The van der Waals surface area contributed by atoms with Crippen LogP contribution >= 0.6 is 0 Å². The van der Waals surface area contributed by atoms with E-state index in [0.717, 1.165) is 0 Å². The Hall–Kier alpha value is -3.74. The van der Waals surface area contributed by atoms with E-state index in [1.807, 2.05) is 0 Å². The normalized spacial score (nSPS) is 12.1. The van der Waals surface area contributed by atoms with Crippen LogP contribution in [0, 0.1) is 5.82 Å². The van der Waals surface area contributed by atoms with E-state index in [1.54, 1.807) is 31.2 Å². The van der Waals surface area contributed by atoms with E-state index in [4.69, 9.17) is 15.2 Å². The Morgan fingerprint density at radius 2 is 1.70 bits per heavy atom. The molecule has 2 rings (SSSR count). The van der Waals surface area contributed by atoms with Gasteiger partial charge in [-0.25, -0.2) is 9.18 Å². The molecule has 1 atom stereocenters. The zero-order valence-electron chi connectivity index (χ0n) is 16.6. The van der Waals surface area contributed by atoms with Gasteiger partial charge in [0, 0.05) is 19.1 Å². The molecule has 0 aliphatic heterocycles. The van der Waals surface area contributed by atoms with Gasteiger partial charge in [0.1, 0.15) is 5.82 Å². The smallest absolute Gasteiger partial charge is 0.330 e. The SMILES string of the molecule is CCOC(=O)/C=C/c1cc(/C=C/C(N)=O)cc(C(OC(C)=O)c2cccc(F)c2)c1. The van der Waals surface area contributed by atoms with Gasteiger partial charge in [0.25, 0.3) is 0 Å². The van der Waals surface area contributed by atoms with E-state index in [2.05, 4.69) is 0 Å². The van der Waals surface area contributed by atoms with Crippen LogP contribution in [0.3, 0.4) is 0 Å². The standard InChI is InChI=1S/C23H22FNO5/c1-3-29-22(28)10-8-17-11-16(7-9-21(25)27)12-19(13-17)23(30-15(2)26)18-5-4-6-20(24)14-18/h4-14,23H,3H2,1-2H3,(H2,25,27)/b9-7+,10-8+. The molecule has 0 radical (unpaired) electrons. The molecule has 0 saturated carbocycles. The van der Waals surface area contributed by atoms with Gasteiger partial charge in [0.15, 0.2) is 6.10 Å². The maximum absolute atomic E-state index is 13.8. The summed E-state index contributed by atoms with van der Waals surface area (Å²) in [5, 5.41) is 0. The van der Waals surface area contributed by atoms with Crippen LogP contribution in [0.1, 0.15) is 42.2 Å². The lowest BCUT2D eigenvalue weighted by molar-refractivity contribution is -0.144. The summed E-state index contributed by atoms with van der Waals surface area (Å²) in [6.07, 6.45) is 4.56. The summed E-state index contributed by atoms with van der Waals surface area (Å²) < 4.78 is 24.1. The van der Waals surface area contributed by atoms with Crippen molar-refractivity contribution < 1.29 is 28.2 Å². The van der Waals surface area contributed by atoms with Crippen molar-refractivity contribution in [3.8, 4) is 0 Å². The molecule has 0 heterocycles. The molecular weight excluding hydrogens is 389 g/mol. The number of nitrogens with two attached hydrogens (primary N) is 1. The first-order valence-electron chi connectivity index (χ1n) is 9.18. The molecule has 0 aliphatic rings. The number of rotatable bonds is 8. The number of hydrogen-bond donors (Lipinski definition) is 1. The maximum atomic E-state index is 13.8.